The van der Waals surface area contributed by atoms with Crippen LogP contribution in [0.3, 0.4) is 0 Å². The van der Waals surface area contributed by atoms with Gasteiger partial charge in [-0.3, -0.25) is 9.69 Å². The summed E-state index contributed by atoms with van der Waals surface area (Å²) in [7, 11) is 0. The molecule has 1 atom stereocenters. The lowest BCUT2D eigenvalue weighted by molar-refractivity contribution is -0.121. The van der Waals surface area contributed by atoms with Gasteiger partial charge in [0.05, 0.1) is 5.92 Å². The fourth-order valence-corrected chi connectivity index (χ4v) is 3.94. The molecule has 1 saturated heterocycles. The van der Waals surface area contributed by atoms with Crippen LogP contribution in [-0.2, 0) is 11.3 Å². The van der Waals surface area contributed by atoms with Crippen molar-refractivity contribution in [3.8, 4) is 0 Å². The van der Waals surface area contributed by atoms with Gasteiger partial charge in [-0.15, -0.1) is 0 Å². The summed E-state index contributed by atoms with van der Waals surface area (Å²) >= 11 is 18.1. The number of hydrogen-bond donors (Lipinski definition) is 1. The molecule has 3 nitrogen and oxygen atoms in total. The van der Waals surface area contributed by atoms with Gasteiger partial charge >= 0.3 is 0 Å². The highest BCUT2D eigenvalue weighted by Crippen LogP contribution is 2.26. The van der Waals surface area contributed by atoms with Gasteiger partial charge in [0.2, 0.25) is 5.91 Å². The lowest BCUT2D eigenvalue weighted by Crippen LogP contribution is -2.40. The zero-order chi connectivity index (χ0) is 18.7. The molecule has 0 saturated carbocycles. The van der Waals surface area contributed by atoms with Crippen molar-refractivity contribution in [3.63, 3.8) is 0 Å². The molecule has 0 bridgehead atoms. The lowest BCUT2D eigenvalue weighted by Gasteiger charge is -2.32. The minimum atomic E-state index is -0.322. The summed E-state index contributed by atoms with van der Waals surface area (Å²) in [5.74, 6) is -0.600. The molecule has 0 aromatic heterocycles. The van der Waals surface area contributed by atoms with Crippen LogP contribution in [0, 0.1) is 11.7 Å². The summed E-state index contributed by atoms with van der Waals surface area (Å²) in [4.78, 5) is 14.7. The van der Waals surface area contributed by atoms with Crippen molar-refractivity contribution in [2.45, 2.75) is 19.4 Å². The van der Waals surface area contributed by atoms with Crippen LogP contribution in [0.15, 0.2) is 36.4 Å². The van der Waals surface area contributed by atoms with Crippen molar-refractivity contribution in [1.82, 2.24) is 4.90 Å². The van der Waals surface area contributed by atoms with Crippen molar-refractivity contribution >= 4 is 46.4 Å². The molecule has 1 aliphatic heterocycles. The van der Waals surface area contributed by atoms with E-state index in [1.54, 1.807) is 30.3 Å². The van der Waals surface area contributed by atoms with Crippen LogP contribution < -0.4 is 5.32 Å². The van der Waals surface area contributed by atoms with Gasteiger partial charge < -0.3 is 5.32 Å². The number of hydrogen-bond acceptors (Lipinski definition) is 2. The second-order valence-electron chi connectivity index (χ2n) is 6.42. The number of nitrogens with zero attached hydrogens (tertiary/aromatic N) is 1. The maximum atomic E-state index is 14.0. The van der Waals surface area contributed by atoms with Gasteiger partial charge in [0.15, 0.2) is 0 Å². The third-order valence-electron chi connectivity index (χ3n) is 4.45. The van der Waals surface area contributed by atoms with Crippen LogP contribution >= 0.6 is 34.8 Å². The first-order valence-electron chi connectivity index (χ1n) is 8.34. The molecule has 7 heteroatoms. The Kier molecular flexibility index (Phi) is 6.41. The molecule has 2 aromatic carbocycles. The summed E-state index contributed by atoms with van der Waals surface area (Å²) in [5, 5.41) is 4.20. The van der Waals surface area contributed by atoms with Crippen LogP contribution in [0.2, 0.25) is 15.1 Å². The summed E-state index contributed by atoms with van der Waals surface area (Å²) in [6.07, 6.45) is 1.64. The van der Waals surface area contributed by atoms with Crippen LogP contribution in [-0.4, -0.2) is 23.9 Å². The number of carbonyl (C=O) groups is 1. The molecule has 1 unspecified atom stereocenters. The normalized spacial score (nSPS) is 17.9. The van der Waals surface area contributed by atoms with Crippen molar-refractivity contribution in [2.75, 3.05) is 18.4 Å². The van der Waals surface area contributed by atoms with Gasteiger partial charge in [-0.05, 0) is 49.7 Å². The number of carbonyl (C=O) groups excluding carboxylic acids is 1. The largest absolute Gasteiger partial charge is 0.326 e. The Labute approximate surface area is 167 Å². The average molecular weight is 416 g/mol. The Balaban J connectivity index is 1.65. The molecule has 1 N–H and O–H groups in total. The van der Waals surface area contributed by atoms with Gasteiger partial charge in [0.1, 0.15) is 5.82 Å². The predicted octanol–water partition coefficient (Wildman–Crippen LogP) is 5.64. The molecule has 3 rings (SSSR count). The second-order valence-corrected chi connectivity index (χ2v) is 7.70. The van der Waals surface area contributed by atoms with E-state index >= 15 is 0 Å². The fraction of sp³-hybridized carbons (Fsp3) is 0.316. The van der Waals surface area contributed by atoms with Crippen LogP contribution in [0.1, 0.15) is 18.4 Å². The molecule has 0 aliphatic carbocycles. The van der Waals surface area contributed by atoms with Gasteiger partial charge in [0.25, 0.3) is 0 Å². The van der Waals surface area contributed by atoms with Crippen LogP contribution in [0.25, 0.3) is 0 Å². The molecule has 0 radical (unpaired) electrons. The third-order valence-corrected chi connectivity index (χ3v) is 5.24. The zero-order valence-electron chi connectivity index (χ0n) is 13.9. The topological polar surface area (TPSA) is 32.3 Å². The molecular formula is C19H18Cl3FN2O. The van der Waals surface area contributed by atoms with E-state index in [0.29, 0.717) is 39.4 Å². The second kappa shape index (κ2) is 8.57. The fourth-order valence-electron chi connectivity index (χ4n) is 3.19. The highest BCUT2D eigenvalue weighted by atomic mass is 35.5. The molecule has 1 fully saturated rings. The van der Waals surface area contributed by atoms with E-state index in [0.717, 1.165) is 19.4 Å². The van der Waals surface area contributed by atoms with Crippen LogP contribution in [0.5, 0.6) is 0 Å². The number of anilines is 1. The maximum Gasteiger partial charge on any atom is 0.228 e. The third kappa shape index (κ3) is 4.89. The average Bonchev–Trinajstić information content (AvgIpc) is 2.57. The molecule has 26 heavy (non-hydrogen) atoms. The Morgan fingerprint density at radius 2 is 1.92 bits per heavy atom. The first-order chi connectivity index (χ1) is 12.4. The Hall–Kier alpha value is -1.33. The molecule has 138 valence electrons. The van der Waals surface area contributed by atoms with E-state index in [9.17, 15) is 9.18 Å². The zero-order valence-corrected chi connectivity index (χ0v) is 16.2. The molecular weight excluding hydrogens is 398 g/mol. The number of piperidine rings is 1. The highest BCUT2D eigenvalue weighted by Gasteiger charge is 2.27. The van der Waals surface area contributed by atoms with Gasteiger partial charge in [-0.2, -0.15) is 0 Å². The van der Waals surface area contributed by atoms with Gasteiger partial charge in [-0.1, -0.05) is 40.9 Å². The van der Waals surface area contributed by atoms with Crippen molar-refractivity contribution in [2.24, 2.45) is 5.92 Å². The smallest absolute Gasteiger partial charge is 0.228 e. The summed E-state index contributed by atoms with van der Waals surface area (Å²) in [5.41, 5.74) is 1.04. The number of benzene rings is 2. The standard InChI is InChI=1S/C19H18Cl3FN2O/c20-13-7-14(21)9-15(8-13)24-19(26)12-3-2-6-25(10-12)11-16-17(22)4-1-5-18(16)23/h1,4-5,7-9,12H,2-3,6,10-11H2,(H,24,26). The molecule has 0 spiro atoms. The first-order valence-corrected chi connectivity index (χ1v) is 9.48. The predicted molar refractivity (Wildman–Crippen MR) is 105 cm³/mol. The number of nitrogens with one attached hydrogen (secondary N) is 1. The maximum absolute atomic E-state index is 14.0. The monoisotopic (exact) mass is 414 g/mol. The molecule has 1 amide bonds. The van der Waals surface area contributed by atoms with Crippen LogP contribution in [0.4, 0.5) is 10.1 Å². The van der Waals surface area contributed by atoms with E-state index in [-0.39, 0.29) is 17.6 Å². The number of amides is 1. The van der Waals surface area contributed by atoms with Crippen molar-refractivity contribution in [1.29, 1.82) is 0 Å². The Morgan fingerprint density at radius 1 is 1.19 bits per heavy atom. The Bertz CT molecular complexity index is 775. The van der Waals surface area contributed by atoms with Gasteiger partial charge in [-0.25, -0.2) is 4.39 Å². The lowest BCUT2D eigenvalue weighted by atomic mass is 9.96. The van der Waals surface area contributed by atoms with E-state index in [2.05, 4.69) is 10.2 Å². The van der Waals surface area contributed by atoms with E-state index < -0.39 is 0 Å². The van der Waals surface area contributed by atoms with E-state index in [4.69, 9.17) is 34.8 Å². The number of likely N-dealkylation sites (tertiary alicyclic amines) is 1. The minimum Gasteiger partial charge on any atom is -0.326 e. The molecule has 1 aliphatic rings. The van der Waals surface area contributed by atoms with Gasteiger partial charge in [0, 0.05) is 39.4 Å². The minimum absolute atomic E-state index is 0.0901. The van der Waals surface area contributed by atoms with Crippen molar-refractivity contribution < 1.29 is 9.18 Å². The van der Waals surface area contributed by atoms with E-state index in [1.165, 1.54) is 6.07 Å². The summed E-state index contributed by atoms with van der Waals surface area (Å²) in [6, 6.07) is 9.59. The number of rotatable bonds is 4. The quantitative estimate of drug-likeness (QED) is 0.701. The first kappa shape index (κ1) is 19.4. The highest BCUT2D eigenvalue weighted by molar-refractivity contribution is 6.35. The van der Waals surface area contributed by atoms with Crippen molar-refractivity contribution in [3.05, 3.63) is 62.8 Å². The number of halogens is 4. The van der Waals surface area contributed by atoms with E-state index in [1.807, 2.05) is 0 Å². The SMILES string of the molecule is O=C(Nc1cc(Cl)cc(Cl)c1)C1CCCN(Cc2c(F)cccc2Cl)C1. The summed E-state index contributed by atoms with van der Waals surface area (Å²) in [6.45, 7) is 1.74. The molecule has 1 heterocycles. The summed E-state index contributed by atoms with van der Waals surface area (Å²) < 4.78 is 14.0. The molecule has 2 aromatic rings. The Morgan fingerprint density at radius 3 is 2.62 bits per heavy atom.